The fourth-order valence-electron chi connectivity index (χ4n) is 1.97. The van der Waals surface area contributed by atoms with E-state index in [4.69, 9.17) is 9.84 Å². The number of aliphatic hydroxyl groups is 1. The molecule has 0 saturated heterocycles. The first-order valence-electron chi connectivity index (χ1n) is 7.75. The van der Waals surface area contributed by atoms with Gasteiger partial charge in [-0.05, 0) is 49.4 Å². The second-order valence-electron chi connectivity index (χ2n) is 5.65. The summed E-state index contributed by atoms with van der Waals surface area (Å²) in [4.78, 5) is 0. The lowest BCUT2D eigenvalue weighted by Crippen LogP contribution is -2.18. The molecule has 0 amide bonds. The maximum Gasteiger partial charge on any atom is 0.119 e. The van der Waals surface area contributed by atoms with Gasteiger partial charge in [-0.2, -0.15) is 0 Å². The van der Waals surface area contributed by atoms with Crippen LogP contribution in [0.5, 0.6) is 5.75 Å². The Morgan fingerprint density at radius 2 is 1.75 bits per heavy atom. The van der Waals surface area contributed by atoms with Gasteiger partial charge in [0.25, 0.3) is 0 Å². The average molecular weight is 279 g/mol. The summed E-state index contributed by atoms with van der Waals surface area (Å²) in [5.41, 5.74) is 1.29. The van der Waals surface area contributed by atoms with E-state index in [1.54, 1.807) is 0 Å². The van der Waals surface area contributed by atoms with Crippen LogP contribution in [-0.4, -0.2) is 24.9 Å². The molecule has 0 fully saturated rings. The van der Waals surface area contributed by atoms with Gasteiger partial charge in [0.2, 0.25) is 0 Å². The SMILES string of the molecule is CC(C)CNCc1ccc(OCCCCCCO)cc1. The summed E-state index contributed by atoms with van der Waals surface area (Å²) in [6, 6.07) is 8.32. The van der Waals surface area contributed by atoms with Crippen molar-refractivity contribution in [3.05, 3.63) is 29.8 Å². The molecule has 0 aliphatic rings. The molecule has 0 bridgehead atoms. The van der Waals surface area contributed by atoms with Gasteiger partial charge in [-0.15, -0.1) is 0 Å². The van der Waals surface area contributed by atoms with Gasteiger partial charge in [0, 0.05) is 13.2 Å². The van der Waals surface area contributed by atoms with Gasteiger partial charge in [0.15, 0.2) is 0 Å². The molecular formula is C17H29NO2. The van der Waals surface area contributed by atoms with Crippen LogP contribution < -0.4 is 10.1 Å². The first-order chi connectivity index (χ1) is 9.72. The van der Waals surface area contributed by atoms with Gasteiger partial charge < -0.3 is 15.2 Å². The van der Waals surface area contributed by atoms with Crippen LogP contribution in [0.1, 0.15) is 45.1 Å². The molecule has 3 heteroatoms. The molecule has 1 aromatic rings. The number of unbranched alkanes of at least 4 members (excludes halogenated alkanes) is 3. The molecule has 3 nitrogen and oxygen atoms in total. The van der Waals surface area contributed by atoms with E-state index in [9.17, 15) is 0 Å². The Labute approximate surface area is 123 Å². The molecule has 0 atom stereocenters. The van der Waals surface area contributed by atoms with Crippen LogP contribution in [-0.2, 0) is 6.54 Å². The van der Waals surface area contributed by atoms with Crippen LogP contribution in [0.3, 0.4) is 0 Å². The highest BCUT2D eigenvalue weighted by Crippen LogP contribution is 2.13. The molecule has 0 aliphatic heterocycles. The largest absolute Gasteiger partial charge is 0.494 e. The van der Waals surface area contributed by atoms with E-state index in [1.807, 2.05) is 12.1 Å². The number of hydrogen-bond donors (Lipinski definition) is 2. The highest BCUT2D eigenvalue weighted by molar-refractivity contribution is 5.27. The molecule has 114 valence electrons. The highest BCUT2D eigenvalue weighted by Gasteiger charge is 1.97. The molecule has 0 aromatic heterocycles. The van der Waals surface area contributed by atoms with E-state index in [2.05, 4.69) is 31.3 Å². The zero-order valence-electron chi connectivity index (χ0n) is 12.9. The van der Waals surface area contributed by atoms with Crippen molar-refractivity contribution in [3.63, 3.8) is 0 Å². The molecule has 0 radical (unpaired) electrons. The van der Waals surface area contributed by atoms with Gasteiger partial charge in [-0.1, -0.05) is 32.4 Å². The molecule has 2 N–H and O–H groups in total. The minimum absolute atomic E-state index is 0.299. The second kappa shape index (κ2) is 10.7. The molecule has 0 spiro atoms. The first-order valence-corrected chi connectivity index (χ1v) is 7.75. The maximum absolute atomic E-state index is 8.68. The fraction of sp³-hybridized carbons (Fsp3) is 0.647. The van der Waals surface area contributed by atoms with Crippen molar-refractivity contribution in [3.8, 4) is 5.75 Å². The van der Waals surface area contributed by atoms with E-state index in [0.29, 0.717) is 12.5 Å². The molecular weight excluding hydrogens is 250 g/mol. The van der Waals surface area contributed by atoms with Gasteiger partial charge in [0.1, 0.15) is 5.75 Å². The number of aliphatic hydroxyl groups excluding tert-OH is 1. The molecule has 1 rings (SSSR count). The Kier molecular flexibility index (Phi) is 9.09. The Bertz CT molecular complexity index is 335. The topological polar surface area (TPSA) is 41.5 Å². The van der Waals surface area contributed by atoms with E-state index < -0.39 is 0 Å². The lowest BCUT2D eigenvalue weighted by molar-refractivity contribution is 0.273. The quantitative estimate of drug-likeness (QED) is 0.610. The van der Waals surface area contributed by atoms with Crippen molar-refractivity contribution in [2.45, 2.75) is 46.1 Å². The van der Waals surface area contributed by atoms with E-state index in [0.717, 1.165) is 51.1 Å². The number of rotatable bonds is 11. The van der Waals surface area contributed by atoms with Gasteiger partial charge in [-0.3, -0.25) is 0 Å². The zero-order valence-corrected chi connectivity index (χ0v) is 12.9. The van der Waals surface area contributed by atoms with Gasteiger partial charge >= 0.3 is 0 Å². The Hall–Kier alpha value is -1.06. The minimum Gasteiger partial charge on any atom is -0.494 e. The van der Waals surface area contributed by atoms with Crippen molar-refractivity contribution >= 4 is 0 Å². The molecule has 0 saturated carbocycles. The standard InChI is InChI=1S/C17H29NO2/c1-15(2)13-18-14-16-7-9-17(10-8-16)20-12-6-4-3-5-11-19/h7-10,15,18-19H,3-6,11-14H2,1-2H3. The zero-order chi connectivity index (χ0) is 14.6. The summed E-state index contributed by atoms with van der Waals surface area (Å²) in [6.45, 7) is 7.45. The third kappa shape index (κ3) is 8.18. The number of hydrogen-bond acceptors (Lipinski definition) is 3. The molecule has 20 heavy (non-hydrogen) atoms. The summed E-state index contributed by atoms with van der Waals surface area (Å²) in [5.74, 6) is 1.63. The summed E-state index contributed by atoms with van der Waals surface area (Å²) in [5, 5.41) is 12.1. The van der Waals surface area contributed by atoms with Gasteiger partial charge in [-0.25, -0.2) is 0 Å². The third-order valence-corrected chi connectivity index (χ3v) is 3.13. The minimum atomic E-state index is 0.299. The number of nitrogens with one attached hydrogen (secondary N) is 1. The van der Waals surface area contributed by atoms with Crippen LogP contribution in [0.25, 0.3) is 0 Å². The van der Waals surface area contributed by atoms with E-state index in [1.165, 1.54) is 5.56 Å². The van der Waals surface area contributed by atoms with Crippen LogP contribution in [0.4, 0.5) is 0 Å². The fourth-order valence-corrected chi connectivity index (χ4v) is 1.97. The maximum atomic E-state index is 8.68. The second-order valence-corrected chi connectivity index (χ2v) is 5.65. The lowest BCUT2D eigenvalue weighted by atomic mass is 10.2. The van der Waals surface area contributed by atoms with E-state index in [-0.39, 0.29) is 0 Å². The average Bonchev–Trinajstić information content (AvgIpc) is 2.44. The van der Waals surface area contributed by atoms with E-state index >= 15 is 0 Å². The molecule has 0 unspecified atom stereocenters. The van der Waals surface area contributed by atoms with Crippen molar-refractivity contribution in [2.75, 3.05) is 19.8 Å². The summed E-state index contributed by atoms with van der Waals surface area (Å²) in [6.07, 6.45) is 4.16. The molecule has 0 aliphatic carbocycles. The normalized spacial score (nSPS) is 11.0. The Morgan fingerprint density at radius 1 is 1.05 bits per heavy atom. The predicted molar refractivity (Wildman–Crippen MR) is 84.0 cm³/mol. The molecule has 1 aromatic carbocycles. The number of benzene rings is 1. The lowest BCUT2D eigenvalue weighted by Gasteiger charge is -2.09. The smallest absolute Gasteiger partial charge is 0.119 e. The van der Waals surface area contributed by atoms with Crippen molar-refractivity contribution in [1.29, 1.82) is 0 Å². The predicted octanol–water partition coefficient (Wildman–Crippen LogP) is 3.36. The highest BCUT2D eigenvalue weighted by atomic mass is 16.5. The van der Waals surface area contributed by atoms with Crippen LogP contribution >= 0.6 is 0 Å². The molecule has 0 heterocycles. The first kappa shape index (κ1) is 17.0. The van der Waals surface area contributed by atoms with Crippen LogP contribution in [0, 0.1) is 5.92 Å². The Balaban J connectivity index is 2.15. The summed E-state index contributed by atoms with van der Waals surface area (Å²) < 4.78 is 5.70. The van der Waals surface area contributed by atoms with Crippen molar-refractivity contribution in [1.82, 2.24) is 5.32 Å². The summed E-state index contributed by atoms with van der Waals surface area (Å²) >= 11 is 0. The summed E-state index contributed by atoms with van der Waals surface area (Å²) in [7, 11) is 0. The van der Waals surface area contributed by atoms with Crippen LogP contribution in [0.15, 0.2) is 24.3 Å². The van der Waals surface area contributed by atoms with Crippen molar-refractivity contribution in [2.24, 2.45) is 5.92 Å². The monoisotopic (exact) mass is 279 g/mol. The number of ether oxygens (including phenoxy) is 1. The van der Waals surface area contributed by atoms with Crippen molar-refractivity contribution < 1.29 is 9.84 Å². The Morgan fingerprint density at radius 3 is 2.40 bits per heavy atom. The van der Waals surface area contributed by atoms with Crippen LogP contribution in [0.2, 0.25) is 0 Å². The third-order valence-electron chi connectivity index (χ3n) is 3.13. The van der Waals surface area contributed by atoms with Gasteiger partial charge in [0.05, 0.1) is 6.61 Å².